The van der Waals surface area contributed by atoms with E-state index in [-0.39, 0.29) is 6.04 Å². The molecule has 0 amide bonds. The van der Waals surface area contributed by atoms with Crippen LogP contribution >= 0.6 is 23.2 Å². The molecule has 0 aromatic carbocycles. The molecule has 1 N–H and O–H groups in total. The highest BCUT2D eigenvalue weighted by Crippen LogP contribution is 2.26. The van der Waals surface area contributed by atoms with Crippen LogP contribution in [0.3, 0.4) is 0 Å². The Kier molecular flexibility index (Phi) is 4.04. The molecule has 0 saturated heterocycles. The predicted molar refractivity (Wildman–Crippen MR) is 84.1 cm³/mol. The Morgan fingerprint density at radius 2 is 2.14 bits per heavy atom. The second-order valence-electron chi connectivity index (χ2n) is 5.60. The molecule has 0 saturated carbocycles. The Morgan fingerprint density at radius 1 is 1.33 bits per heavy atom. The Hall–Kier alpha value is -1.33. The molecule has 2 aromatic rings. The third-order valence-corrected chi connectivity index (χ3v) is 4.14. The van der Waals surface area contributed by atoms with Gasteiger partial charge in [-0.25, -0.2) is 4.98 Å². The minimum absolute atomic E-state index is 0.261. The maximum Gasteiger partial charge on any atom is 0.145 e. The topological polar surface area (TPSA) is 55.6 Å². The molecule has 0 aliphatic carbocycles. The van der Waals surface area contributed by atoms with Gasteiger partial charge < -0.3 is 9.88 Å². The number of anilines is 1. The van der Waals surface area contributed by atoms with E-state index >= 15 is 0 Å². The van der Waals surface area contributed by atoms with E-state index in [2.05, 4.69) is 38.9 Å². The highest BCUT2D eigenvalue weighted by molar-refractivity contribution is 6.35. The largest absolute Gasteiger partial charge is 0.364 e. The first kappa shape index (κ1) is 14.6. The molecule has 3 heterocycles. The van der Waals surface area contributed by atoms with Crippen molar-refractivity contribution in [3.63, 3.8) is 0 Å². The molecule has 1 atom stereocenters. The van der Waals surface area contributed by atoms with E-state index in [1.165, 1.54) is 0 Å². The van der Waals surface area contributed by atoms with Gasteiger partial charge in [0, 0.05) is 31.1 Å². The van der Waals surface area contributed by atoms with E-state index in [1.807, 2.05) is 0 Å². The monoisotopic (exact) mass is 325 g/mol. The lowest BCUT2D eigenvalue weighted by Gasteiger charge is -2.26. The molecule has 5 nitrogen and oxygen atoms in total. The molecule has 2 aromatic heterocycles. The van der Waals surface area contributed by atoms with Crippen molar-refractivity contribution in [3.8, 4) is 0 Å². The van der Waals surface area contributed by atoms with Crippen molar-refractivity contribution in [2.24, 2.45) is 0 Å². The van der Waals surface area contributed by atoms with Crippen molar-refractivity contribution < 1.29 is 0 Å². The highest BCUT2D eigenvalue weighted by atomic mass is 35.5. The van der Waals surface area contributed by atoms with Crippen LogP contribution in [0.5, 0.6) is 0 Å². The molecule has 3 rings (SSSR count). The number of hydrogen-bond acceptors (Lipinski definition) is 4. The van der Waals surface area contributed by atoms with E-state index in [4.69, 9.17) is 23.2 Å². The zero-order chi connectivity index (χ0) is 15.0. The van der Waals surface area contributed by atoms with Crippen LogP contribution < -0.4 is 5.32 Å². The fourth-order valence-corrected chi connectivity index (χ4v) is 3.04. The first-order valence-corrected chi connectivity index (χ1v) is 7.79. The summed E-state index contributed by atoms with van der Waals surface area (Å²) in [7, 11) is 0. The van der Waals surface area contributed by atoms with Gasteiger partial charge in [0.15, 0.2) is 0 Å². The molecule has 0 radical (unpaired) electrons. The average Bonchev–Trinajstić information content (AvgIpc) is 2.85. The van der Waals surface area contributed by atoms with Gasteiger partial charge in [-0.3, -0.25) is 0 Å². The lowest BCUT2D eigenvalue weighted by atomic mass is 10.1. The van der Waals surface area contributed by atoms with Crippen LogP contribution in [0.2, 0.25) is 10.0 Å². The molecule has 1 aliphatic heterocycles. The minimum atomic E-state index is 0.261. The standard InChI is InChI=1S/C14H17Cl2N5/c1-8(2)14-20-19-12-4-3-10(7-21(12)14)18-13-11(16)5-9(15)6-17-13/h5-6,8,10H,3-4,7H2,1-2H3,(H,17,18). The number of nitrogens with one attached hydrogen (secondary N) is 1. The van der Waals surface area contributed by atoms with Crippen LogP contribution in [-0.4, -0.2) is 25.8 Å². The van der Waals surface area contributed by atoms with Gasteiger partial charge >= 0.3 is 0 Å². The second-order valence-corrected chi connectivity index (χ2v) is 6.45. The number of fused-ring (bicyclic) bond motifs is 1. The molecule has 7 heteroatoms. The third-order valence-electron chi connectivity index (χ3n) is 3.64. The van der Waals surface area contributed by atoms with Crippen LogP contribution in [0.25, 0.3) is 0 Å². The summed E-state index contributed by atoms with van der Waals surface area (Å²) in [5.74, 6) is 3.13. The molecule has 21 heavy (non-hydrogen) atoms. The number of hydrogen-bond donors (Lipinski definition) is 1. The van der Waals surface area contributed by atoms with Crippen molar-refractivity contribution >= 4 is 29.0 Å². The summed E-state index contributed by atoms with van der Waals surface area (Å²) in [6.07, 6.45) is 3.49. The van der Waals surface area contributed by atoms with Gasteiger partial charge in [0.1, 0.15) is 17.5 Å². The molecule has 112 valence electrons. The Balaban J connectivity index is 1.78. The molecular formula is C14H17Cl2N5. The van der Waals surface area contributed by atoms with E-state index in [0.29, 0.717) is 21.8 Å². The lowest BCUT2D eigenvalue weighted by Crippen LogP contribution is -2.32. The fourth-order valence-electron chi connectivity index (χ4n) is 2.61. The number of nitrogens with zero attached hydrogens (tertiary/aromatic N) is 4. The van der Waals surface area contributed by atoms with E-state index in [1.54, 1.807) is 12.3 Å². The van der Waals surface area contributed by atoms with Gasteiger partial charge in [0.05, 0.1) is 10.0 Å². The Labute approximate surface area is 133 Å². The maximum absolute atomic E-state index is 6.17. The summed E-state index contributed by atoms with van der Waals surface area (Å²) in [4.78, 5) is 4.26. The van der Waals surface area contributed by atoms with Gasteiger partial charge in [-0.15, -0.1) is 10.2 Å². The quantitative estimate of drug-likeness (QED) is 0.937. The number of aryl methyl sites for hydroxylation is 1. The molecule has 0 bridgehead atoms. The van der Waals surface area contributed by atoms with E-state index < -0.39 is 0 Å². The van der Waals surface area contributed by atoms with Crippen molar-refractivity contribution in [3.05, 3.63) is 34.0 Å². The van der Waals surface area contributed by atoms with Crippen LogP contribution in [-0.2, 0) is 13.0 Å². The summed E-state index contributed by atoms with van der Waals surface area (Å²) in [6.45, 7) is 5.09. The highest BCUT2D eigenvalue weighted by Gasteiger charge is 2.24. The van der Waals surface area contributed by atoms with Crippen molar-refractivity contribution in [1.82, 2.24) is 19.7 Å². The van der Waals surface area contributed by atoms with Crippen LogP contribution in [0.4, 0.5) is 5.82 Å². The second kappa shape index (κ2) is 5.81. The zero-order valence-electron chi connectivity index (χ0n) is 12.0. The number of aromatic nitrogens is 4. The van der Waals surface area contributed by atoms with Gasteiger partial charge in [-0.1, -0.05) is 37.0 Å². The molecule has 1 aliphatic rings. The summed E-state index contributed by atoms with van der Waals surface area (Å²) in [6, 6.07) is 1.96. The summed E-state index contributed by atoms with van der Waals surface area (Å²) >= 11 is 12.0. The van der Waals surface area contributed by atoms with Gasteiger partial charge in [0.2, 0.25) is 0 Å². The van der Waals surface area contributed by atoms with Crippen LogP contribution in [0.15, 0.2) is 12.3 Å². The van der Waals surface area contributed by atoms with Crippen LogP contribution in [0, 0.1) is 0 Å². The van der Waals surface area contributed by atoms with Crippen molar-refractivity contribution in [2.75, 3.05) is 5.32 Å². The smallest absolute Gasteiger partial charge is 0.145 e. The van der Waals surface area contributed by atoms with Crippen LogP contribution in [0.1, 0.15) is 37.8 Å². The molecule has 0 fully saturated rings. The van der Waals surface area contributed by atoms with Crippen molar-refractivity contribution in [1.29, 1.82) is 0 Å². The Morgan fingerprint density at radius 3 is 2.86 bits per heavy atom. The summed E-state index contributed by atoms with van der Waals surface area (Å²) < 4.78 is 2.20. The first-order valence-electron chi connectivity index (χ1n) is 7.04. The van der Waals surface area contributed by atoms with Crippen molar-refractivity contribution in [2.45, 2.75) is 45.2 Å². The van der Waals surface area contributed by atoms with Gasteiger partial charge in [-0.2, -0.15) is 0 Å². The number of halogens is 2. The summed E-state index contributed by atoms with van der Waals surface area (Å²) in [5.41, 5.74) is 0. The van der Waals surface area contributed by atoms with E-state index in [0.717, 1.165) is 31.0 Å². The zero-order valence-corrected chi connectivity index (χ0v) is 13.5. The molecular weight excluding hydrogens is 309 g/mol. The van der Waals surface area contributed by atoms with E-state index in [9.17, 15) is 0 Å². The average molecular weight is 326 g/mol. The first-order chi connectivity index (χ1) is 10.0. The molecule has 1 unspecified atom stereocenters. The SMILES string of the molecule is CC(C)c1nnc2n1CC(Nc1ncc(Cl)cc1Cl)CC2. The normalized spacial score (nSPS) is 17.9. The minimum Gasteiger partial charge on any atom is -0.364 e. The fraction of sp³-hybridized carbons (Fsp3) is 0.500. The molecule has 0 spiro atoms. The third kappa shape index (κ3) is 2.99. The maximum atomic E-state index is 6.17. The lowest BCUT2D eigenvalue weighted by molar-refractivity contribution is 0.458. The Bertz CT molecular complexity index is 653. The van der Waals surface area contributed by atoms with Gasteiger partial charge in [-0.05, 0) is 12.5 Å². The number of rotatable bonds is 3. The number of pyridine rings is 1. The predicted octanol–water partition coefficient (Wildman–Crippen LogP) is 3.53. The summed E-state index contributed by atoms with van der Waals surface area (Å²) in [5, 5.41) is 13.0. The van der Waals surface area contributed by atoms with Gasteiger partial charge in [0.25, 0.3) is 0 Å².